The van der Waals surface area contributed by atoms with Crippen LogP contribution in [0.3, 0.4) is 0 Å². The first kappa shape index (κ1) is 14.0. The molecule has 1 fully saturated rings. The Bertz CT molecular complexity index is 432. The summed E-state index contributed by atoms with van der Waals surface area (Å²) in [6.45, 7) is 3.74. The van der Waals surface area contributed by atoms with Crippen molar-refractivity contribution >= 4 is 5.97 Å². The van der Waals surface area contributed by atoms with E-state index in [9.17, 15) is 4.79 Å². The molecule has 1 heterocycles. The van der Waals surface area contributed by atoms with Crippen LogP contribution in [0.15, 0.2) is 18.3 Å². The third-order valence-corrected chi connectivity index (χ3v) is 3.25. The first-order valence-corrected chi connectivity index (χ1v) is 6.77. The van der Waals surface area contributed by atoms with Crippen LogP contribution in [0.4, 0.5) is 0 Å². The SMILES string of the molecule is CCOC(=O)CN(Cc1cccnc1CN)C1CC1. The quantitative estimate of drug-likeness (QED) is 0.745. The second-order valence-corrected chi connectivity index (χ2v) is 4.75. The summed E-state index contributed by atoms with van der Waals surface area (Å²) in [5.41, 5.74) is 7.69. The van der Waals surface area contributed by atoms with Crippen LogP contribution in [0.1, 0.15) is 31.0 Å². The number of nitrogens with zero attached hydrogens (tertiary/aromatic N) is 2. The van der Waals surface area contributed by atoms with Gasteiger partial charge in [-0.25, -0.2) is 0 Å². The fourth-order valence-electron chi connectivity index (χ4n) is 2.14. The smallest absolute Gasteiger partial charge is 0.320 e. The van der Waals surface area contributed by atoms with Gasteiger partial charge >= 0.3 is 5.97 Å². The highest BCUT2D eigenvalue weighted by molar-refractivity contribution is 5.71. The van der Waals surface area contributed by atoms with Crippen LogP contribution in [0.5, 0.6) is 0 Å². The van der Waals surface area contributed by atoms with Crippen LogP contribution in [0.2, 0.25) is 0 Å². The Balaban J connectivity index is 2.02. The third-order valence-electron chi connectivity index (χ3n) is 3.25. The number of hydrogen-bond acceptors (Lipinski definition) is 5. The van der Waals surface area contributed by atoms with E-state index in [4.69, 9.17) is 10.5 Å². The Morgan fingerprint density at radius 1 is 1.58 bits per heavy atom. The van der Waals surface area contributed by atoms with Crippen LogP contribution in [0, 0.1) is 0 Å². The van der Waals surface area contributed by atoms with Gasteiger partial charge in [0.05, 0.1) is 18.8 Å². The van der Waals surface area contributed by atoms with Gasteiger partial charge in [0.2, 0.25) is 0 Å². The summed E-state index contributed by atoms with van der Waals surface area (Å²) in [4.78, 5) is 18.1. The lowest BCUT2D eigenvalue weighted by atomic mass is 10.1. The van der Waals surface area contributed by atoms with Crippen LogP contribution in [-0.4, -0.2) is 35.0 Å². The fourth-order valence-corrected chi connectivity index (χ4v) is 2.14. The van der Waals surface area contributed by atoms with Crippen molar-refractivity contribution in [2.24, 2.45) is 5.73 Å². The number of carbonyl (C=O) groups excluding carboxylic acids is 1. The number of nitrogens with two attached hydrogens (primary N) is 1. The Hall–Kier alpha value is -1.46. The van der Waals surface area contributed by atoms with Gasteiger partial charge in [0, 0.05) is 25.3 Å². The number of carbonyl (C=O) groups is 1. The summed E-state index contributed by atoms with van der Waals surface area (Å²) in [5, 5.41) is 0. The standard InChI is InChI=1S/C14H21N3O2/c1-2-19-14(18)10-17(12-5-6-12)9-11-4-3-7-16-13(11)8-15/h3-4,7,12H,2,5-6,8-10,15H2,1H3. The van der Waals surface area contributed by atoms with E-state index in [0.717, 1.165) is 24.1 Å². The van der Waals surface area contributed by atoms with E-state index in [1.54, 1.807) is 6.20 Å². The predicted molar refractivity (Wildman–Crippen MR) is 72.2 cm³/mol. The maximum Gasteiger partial charge on any atom is 0.320 e. The maximum atomic E-state index is 11.6. The van der Waals surface area contributed by atoms with E-state index in [1.807, 2.05) is 19.1 Å². The Morgan fingerprint density at radius 3 is 3.00 bits per heavy atom. The molecule has 0 bridgehead atoms. The van der Waals surface area contributed by atoms with E-state index in [-0.39, 0.29) is 5.97 Å². The van der Waals surface area contributed by atoms with Crippen molar-refractivity contribution < 1.29 is 9.53 Å². The van der Waals surface area contributed by atoms with Gasteiger partial charge in [-0.3, -0.25) is 14.7 Å². The molecular weight excluding hydrogens is 242 g/mol. The van der Waals surface area contributed by atoms with Crippen molar-refractivity contribution in [1.29, 1.82) is 0 Å². The van der Waals surface area contributed by atoms with E-state index in [0.29, 0.717) is 32.3 Å². The summed E-state index contributed by atoms with van der Waals surface area (Å²) in [6, 6.07) is 4.43. The Labute approximate surface area is 113 Å². The minimum absolute atomic E-state index is 0.160. The van der Waals surface area contributed by atoms with Crippen LogP contribution in [0.25, 0.3) is 0 Å². The van der Waals surface area contributed by atoms with E-state index < -0.39 is 0 Å². The molecule has 0 spiro atoms. The van der Waals surface area contributed by atoms with Gasteiger partial charge in [-0.2, -0.15) is 0 Å². The maximum absolute atomic E-state index is 11.6. The number of hydrogen-bond donors (Lipinski definition) is 1. The van der Waals surface area contributed by atoms with Gasteiger partial charge in [-0.1, -0.05) is 6.07 Å². The number of pyridine rings is 1. The summed E-state index contributed by atoms with van der Waals surface area (Å²) in [7, 11) is 0. The molecule has 1 aromatic heterocycles. The summed E-state index contributed by atoms with van der Waals surface area (Å²) >= 11 is 0. The third kappa shape index (κ3) is 4.01. The Morgan fingerprint density at radius 2 is 2.37 bits per heavy atom. The lowest BCUT2D eigenvalue weighted by molar-refractivity contribution is -0.144. The van der Waals surface area contributed by atoms with Crippen LogP contribution >= 0.6 is 0 Å². The van der Waals surface area contributed by atoms with Crippen molar-refractivity contribution in [3.63, 3.8) is 0 Å². The van der Waals surface area contributed by atoms with Crippen molar-refractivity contribution in [2.75, 3.05) is 13.2 Å². The van der Waals surface area contributed by atoms with Gasteiger partial charge in [-0.15, -0.1) is 0 Å². The molecule has 104 valence electrons. The minimum Gasteiger partial charge on any atom is -0.465 e. The molecule has 5 nitrogen and oxygen atoms in total. The van der Waals surface area contributed by atoms with Crippen LogP contribution < -0.4 is 5.73 Å². The van der Waals surface area contributed by atoms with E-state index in [1.165, 1.54) is 0 Å². The molecule has 0 atom stereocenters. The first-order chi connectivity index (χ1) is 9.24. The van der Waals surface area contributed by atoms with Crippen molar-refractivity contribution in [3.05, 3.63) is 29.6 Å². The van der Waals surface area contributed by atoms with Crippen LogP contribution in [-0.2, 0) is 22.6 Å². The van der Waals surface area contributed by atoms with Crippen molar-refractivity contribution in [2.45, 2.75) is 38.9 Å². The van der Waals surface area contributed by atoms with Gasteiger partial charge in [0.25, 0.3) is 0 Å². The van der Waals surface area contributed by atoms with E-state index in [2.05, 4.69) is 9.88 Å². The van der Waals surface area contributed by atoms with Gasteiger partial charge in [0.15, 0.2) is 0 Å². The van der Waals surface area contributed by atoms with Gasteiger partial charge < -0.3 is 10.5 Å². The number of aromatic nitrogens is 1. The molecule has 19 heavy (non-hydrogen) atoms. The molecule has 1 aliphatic rings. The molecule has 0 saturated heterocycles. The minimum atomic E-state index is -0.160. The number of esters is 1. The van der Waals surface area contributed by atoms with Gasteiger partial charge in [0.1, 0.15) is 0 Å². The molecule has 2 rings (SSSR count). The number of ether oxygens (including phenoxy) is 1. The molecule has 0 amide bonds. The average Bonchev–Trinajstić information content (AvgIpc) is 3.23. The Kier molecular flexibility index (Phi) is 4.87. The topological polar surface area (TPSA) is 68.5 Å². The fraction of sp³-hybridized carbons (Fsp3) is 0.571. The summed E-state index contributed by atoms with van der Waals surface area (Å²) in [6.07, 6.45) is 4.05. The zero-order valence-corrected chi connectivity index (χ0v) is 11.3. The second-order valence-electron chi connectivity index (χ2n) is 4.75. The van der Waals surface area contributed by atoms with Gasteiger partial charge in [-0.05, 0) is 31.4 Å². The van der Waals surface area contributed by atoms with E-state index >= 15 is 0 Å². The zero-order chi connectivity index (χ0) is 13.7. The lowest BCUT2D eigenvalue weighted by Crippen LogP contribution is -2.33. The highest BCUT2D eigenvalue weighted by Gasteiger charge is 2.31. The first-order valence-electron chi connectivity index (χ1n) is 6.77. The molecule has 0 aliphatic heterocycles. The molecule has 5 heteroatoms. The molecule has 0 aromatic carbocycles. The molecule has 0 unspecified atom stereocenters. The molecule has 1 aromatic rings. The number of rotatable bonds is 7. The molecule has 2 N–H and O–H groups in total. The second kappa shape index (κ2) is 6.63. The predicted octanol–water partition coefficient (Wildman–Crippen LogP) is 1.07. The lowest BCUT2D eigenvalue weighted by Gasteiger charge is -2.21. The average molecular weight is 263 g/mol. The van der Waals surface area contributed by atoms with Crippen molar-refractivity contribution in [1.82, 2.24) is 9.88 Å². The summed E-state index contributed by atoms with van der Waals surface area (Å²) < 4.78 is 5.02. The van der Waals surface area contributed by atoms with Crippen molar-refractivity contribution in [3.8, 4) is 0 Å². The molecular formula is C14H21N3O2. The highest BCUT2D eigenvalue weighted by atomic mass is 16.5. The molecule has 0 radical (unpaired) electrons. The zero-order valence-electron chi connectivity index (χ0n) is 11.3. The normalized spacial score (nSPS) is 14.7. The highest BCUT2D eigenvalue weighted by Crippen LogP contribution is 2.28. The summed E-state index contributed by atoms with van der Waals surface area (Å²) in [5.74, 6) is -0.160. The largest absolute Gasteiger partial charge is 0.465 e. The molecule has 1 aliphatic carbocycles. The molecule has 1 saturated carbocycles. The monoisotopic (exact) mass is 263 g/mol.